The van der Waals surface area contributed by atoms with Crippen molar-refractivity contribution in [3.63, 3.8) is 0 Å². The molecular formula is C23H28N4O5. The van der Waals surface area contributed by atoms with Gasteiger partial charge in [-0.3, -0.25) is 4.79 Å². The molecule has 2 aromatic rings. The molecule has 170 valence electrons. The summed E-state index contributed by atoms with van der Waals surface area (Å²) >= 11 is 0. The number of hydrogen-bond acceptors (Lipinski definition) is 8. The molecule has 0 saturated heterocycles. The van der Waals surface area contributed by atoms with Crippen LogP contribution in [0.25, 0.3) is 0 Å². The minimum absolute atomic E-state index is 0.0383. The fourth-order valence-electron chi connectivity index (χ4n) is 3.87. The summed E-state index contributed by atoms with van der Waals surface area (Å²) in [6, 6.07) is 7.33. The number of benzene rings is 1. The van der Waals surface area contributed by atoms with E-state index in [2.05, 4.69) is 6.07 Å². The quantitative estimate of drug-likeness (QED) is 0.695. The van der Waals surface area contributed by atoms with Crippen molar-refractivity contribution in [3.05, 3.63) is 56.8 Å². The van der Waals surface area contributed by atoms with Crippen LogP contribution in [-0.4, -0.2) is 51.4 Å². The second-order valence-corrected chi connectivity index (χ2v) is 7.71. The second kappa shape index (κ2) is 9.24. The highest BCUT2D eigenvalue weighted by Crippen LogP contribution is 2.46. The van der Waals surface area contributed by atoms with Gasteiger partial charge in [0, 0.05) is 24.8 Å². The Hall–Kier alpha value is -3.64. The molecule has 9 heteroatoms. The van der Waals surface area contributed by atoms with Crippen LogP contribution in [0.3, 0.4) is 0 Å². The maximum Gasteiger partial charge on any atom is 0.258 e. The topological polar surface area (TPSA) is 112 Å². The summed E-state index contributed by atoms with van der Waals surface area (Å²) in [4.78, 5) is 15.6. The van der Waals surface area contributed by atoms with Gasteiger partial charge in [-0.05, 0) is 38.7 Å². The molecular weight excluding hydrogens is 412 g/mol. The highest BCUT2D eigenvalue weighted by molar-refractivity contribution is 5.61. The summed E-state index contributed by atoms with van der Waals surface area (Å²) in [6.07, 6.45) is 0. The van der Waals surface area contributed by atoms with Crippen LogP contribution in [0.1, 0.15) is 22.7 Å². The molecule has 1 aliphatic heterocycles. The molecule has 2 N–H and O–H groups in total. The Bertz CT molecular complexity index is 1140. The van der Waals surface area contributed by atoms with Crippen LogP contribution in [0.4, 0.5) is 0 Å². The number of fused-ring (bicyclic) bond motifs is 1. The van der Waals surface area contributed by atoms with Crippen LogP contribution < -0.4 is 30.2 Å². The first-order valence-corrected chi connectivity index (χ1v) is 10.0. The van der Waals surface area contributed by atoms with Gasteiger partial charge in [0.2, 0.25) is 11.6 Å². The highest BCUT2D eigenvalue weighted by atomic mass is 16.5. The average molecular weight is 441 g/mol. The van der Waals surface area contributed by atoms with Crippen LogP contribution in [0.5, 0.6) is 23.0 Å². The largest absolute Gasteiger partial charge is 0.493 e. The first kappa shape index (κ1) is 23.0. The van der Waals surface area contributed by atoms with E-state index in [0.29, 0.717) is 47.2 Å². The monoisotopic (exact) mass is 440 g/mol. The van der Waals surface area contributed by atoms with Crippen molar-refractivity contribution < 1.29 is 18.9 Å². The summed E-state index contributed by atoms with van der Waals surface area (Å²) in [5.74, 6) is 0.772. The molecule has 1 atom stereocenters. The Morgan fingerprint density at radius 1 is 1.16 bits per heavy atom. The molecule has 0 aliphatic carbocycles. The molecule has 1 aromatic carbocycles. The lowest BCUT2D eigenvalue weighted by Gasteiger charge is -2.28. The minimum Gasteiger partial charge on any atom is -0.493 e. The predicted molar refractivity (Wildman–Crippen MR) is 119 cm³/mol. The lowest BCUT2D eigenvalue weighted by molar-refractivity contribution is 0.323. The van der Waals surface area contributed by atoms with Gasteiger partial charge >= 0.3 is 0 Å². The van der Waals surface area contributed by atoms with Crippen molar-refractivity contribution in [3.8, 4) is 29.1 Å². The molecule has 9 nitrogen and oxygen atoms in total. The SMILES string of the molecule is COc1cc([C@H]2C(C#N)=C(N)Oc3cc(C)n(CCN(C)C)c(=O)c32)cc(OC)c1OC. The Morgan fingerprint density at radius 2 is 1.78 bits per heavy atom. The van der Waals surface area contributed by atoms with Crippen molar-refractivity contribution in [2.45, 2.75) is 19.4 Å². The zero-order valence-electron chi connectivity index (χ0n) is 19.2. The second-order valence-electron chi connectivity index (χ2n) is 7.71. The molecule has 1 aromatic heterocycles. The average Bonchev–Trinajstić information content (AvgIpc) is 2.76. The van der Waals surface area contributed by atoms with E-state index in [0.717, 1.165) is 5.69 Å². The summed E-state index contributed by atoms with van der Waals surface area (Å²) in [6.45, 7) is 3.02. The van der Waals surface area contributed by atoms with E-state index < -0.39 is 5.92 Å². The third-order valence-corrected chi connectivity index (χ3v) is 5.48. The minimum atomic E-state index is -0.754. The first-order chi connectivity index (χ1) is 15.3. The summed E-state index contributed by atoms with van der Waals surface area (Å²) in [5, 5.41) is 9.89. The predicted octanol–water partition coefficient (Wildman–Crippen LogP) is 1.96. The van der Waals surface area contributed by atoms with E-state index in [9.17, 15) is 10.1 Å². The number of nitrogens with two attached hydrogens (primary N) is 1. The van der Waals surface area contributed by atoms with Gasteiger partial charge in [0.1, 0.15) is 17.4 Å². The normalized spacial score (nSPS) is 15.1. The van der Waals surface area contributed by atoms with E-state index >= 15 is 0 Å². The third-order valence-electron chi connectivity index (χ3n) is 5.48. The van der Waals surface area contributed by atoms with Gasteiger partial charge < -0.3 is 34.1 Å². The highest BCUT2D eigenvalue weighted by Gasteiger charge is 2.35. The molecule has 0 bridgehead atoms. The fourth-order valence-corrected chi connectivity index (χ4v) is 3.87. The van der Waals surface area contributed by atoms with E-state index in [1.807, 2.05) is 25.9 Å². The molecule has 0 unspecified atom stereocenters. The standard InChI is InChI=1S/C23H28N4O5/c1-13-9-16-20(23(28)27(13)8-7-26(2)3)19(15(12-24)22(25)32-16)14-10-17(29-4)21(31-6)18(11-14)30-5/h9-11,19H,7-8,25H2,1-6H3/t19-/m0/s1. The molecule has 2 heterocycles. The number of allylic oxidation sites excluding steroid dienone is 1. The number of aromatic nitrogens is 1. The van der Waals surface area contributed by atoms with Crippen molar-refractivity contribution >= 4 is 0 Å². The number of aryl methyl sites for hydroxylation is 1. The molecule has 1 aliphatic rings. The van der Waals surface area contributed by atoms with Crippen molar-refractivity contribution in [1.29, 1.82) is 5.26 Å². The molecule has 0 amide bonds. The summed E-state index contributed by atoms with van der Waals surface area (Å²) < 4.78 is 23.8. The number of ether oxygens (including phenoxy) is 4. The van der Waals surface area contributed by atoms with Gasteiger partial charge in [-0.1, -0.05) is 0 Å². The number of nitriles is 1. The Labute approximate surface area is 187 Å². The molecule has 32 heavy (non-hydrogen) atoms. The van der Waals surface area contributed by atoms with Crippen molar-refractivity contribution in [2.24, 2.45) is 5.73 Å². The molecule has 3 rings (SSSR count). The summed E-state index contributed by atoms with van der Waals surface area (Å²) in [7, 11) is 8.40. The van der Waals surface area contributed by atoms with Crippen molar-refractivity contribution in [1.82, 2.24) is 9.47 Å². The lowest BCUT2D eigenvalue weighted by Crippen LogP contribution is -2.34. The maximum atomic E-state index is 13.6. The maximum absolute atomic E-state index is 13.6. The number of methoxy groups -OCH3 is 3. The van der Waals surface area contributed by atoms with E-state index in [1.54, 1.807) is 22.8 Å². The van der Waals surface area contributed by atoms with Gasteiger partial charge in [0.25, 0.3) is 5.56 Å². The van der Waals surface area contributed by atoms with E-state index in [-0.39, 0.29) is 17.0 Å². The van der Waals surface area contributed by atoms with Crippen LogP contribution in [0.2, 0.25) is 0 Å². The van der Waals surface area contributed by atoms with Crippen molar-refractivity contribution in [2.75, 3.05) is 42.0 Å². The number of nitrogens with zero attached hydrogens (tertiary/aromatic N) is 3. The number of pyridine rings is 1. The zero-order chi connectivity index (χ0) is 23.6. The fraction of sp³-hybridized carbons (Fsp3) is 0.391. The third kappa shape index (κ3) is 3.97. The van der Waals surface area contributed by atoms with Gasteiger partial charge in [-0.2, -0.15) is 5.26 Å². The number of hydrogen-bond donors (Lipinski definition) is 1. The van der Waals surface area contributed by atoms with Crippen LogP contribution in [0, 0.1) is 18.3 Å². The Kier molecular flexibility index (Phi) is 6.65. The Morgan fingerprint density at radius 3 is 2.28 bits per heavy atom. The molecule has 0 saturated carbocycles. The summed E-state index contributed by atoms with van der Waals surface area (Å²) in [5.41, 5.74) is 7.69. The first-order valence-electron chi connectivity index (χ1n) is 10.0. The molecule has 0 fully saturated rings. The van der Waals surface area contributed by atoms with E-state index in [4.69, 9.17) is 24.7 Å². The van der Waals surface area contributed by atoms with Crippen LogP contribution in [0.15, 0.2) is 34.4 Å². The van der Waals surface area contributed by atoms with Gasteiger partial charge in [0.15, 0.2) is 11.5 Å². The van der Waals surface area contributed by atoms with Crippen LogP contribution >= 0.6 is 0 Å². The molecule has 0 spiro atoms. The molecule has 0 radical (unpaired) electrons. The van der Waals surface area contributed by atoms with Gasteiger partial charge in [-0.15, -0.1) is 0 Å². The Balaban J connectivity index is 2.31. The van der Waals surface area contributed by atoms with Crippen LogP contribution in [-0.2, 0) is 6.54 Å². The van der Waals surface area contributed by atoms with E-state index in [1.165, 1.54) is 21.3 Å². The van der Waals surface area contributed by atoms with Gasteiger partial charge in [-0.25, -0.2) is 0 Å². The number of likely N-dealkylation sites (N-methyl/N-ethyl adjacent to an activating group) is 1. The lowest BCUT2D eigenvalue weighted by atomic mass is 9.83. The number of rotatable bonds is 7. The smallest absolute Gasteiger partial charge is 0.258 e. The van der Waals surface area contributed by atoms with Gasteiger partial charge in [0.05, 0.1) is 32.8 Å². The zero-order valence-corrected chi connectivity index (χ0v) is 19.2.